The summed E-state index contributed by atoms with van der Waals surface area (Å²) in [7, 11) is -10.8. The van der Waals surface area contributed by atoms with E-state index in [2.05, 4.69) is 10.1 Å². The van der Waals surface area contributed by atoms with Crippen molar-refractivity contribution in [2.24, 2.45) is 0 Å². The van der Waals surface area contributed by atoms with E-state index < -0.39 is 26.7 Å². The molecule has 0 amide bonds. The largest absolute Gasteiger partial charge is 0.369 e. The van der Waals surface area contributed by atoms with E-state index in [1.165, 1.54) is 6.33 Å². The molecule has 0 fully saturated rings. The van der Waals surface area contributed by atoms with E-state index in [1.807, 2.05) is 0 Å². The first-order valence-corrected chi connectivity index (χ1v) is 7.46. The van der Waals surface area contributed by atoms with Crippen molar-refractivity contribution >= 4 is 15.2 Å². The predicted octanol–water partition coefficient (Wildman–Crippen LogP) is -1.33. The summed E-state index contributed by atoms with van der Waals surface area (Å²) in [5, 5.41) is 9.66. The van der Waals surface area contributed by atoms with E-state index in [1.54, 1.807) is 0 Å². The molecule has 0 atom stereocenters. The molecule has 0 radical (unpaired) electrons. The van der Waals surface area contributed by atoms with Crippen LogP contribution in [0.2, 0.25) is 0 Å². The van der Waals surface area contributed by atoms with Crippen LogP contribution < -0.4 is 0 Å². The van der Waals surface area contributed by atoms with Gasteiger partial charge in [-0.1, -0.05) is 0 Å². The molecule has 1 aromatic rings. The summed E-state index contributed by atoms with van der Waals surface area (Å²) in [5.74, 6) is 0. The van der Waals surface area contributed by atoms with Gasteiger partial charge in [-0.05, 0) is 0 Å². The van der Waals surface area contributed by atoms with E-state index in [4.69, 9.17) is 19.6 Å². The van der Waals surface area contributed by atoms with Crippen LogP contribution in [0.3, 0.4) is 0 Å². The molecule has 0 aromatic carbocycles. The Kier molecular flexibility index (Phi) is 3.90. The number of aromatic nitrogens is 3. The van der Waals surface area contributed by atoms with Gasteiger partial charge in [-0.2, -0.15) is 5.10 Å². The van der Waals surface area contributed by atoms with Crippen molar-refractivity contribution in [2.75, 3.05) is 0 Å². The summed E-state index contributed by atoms with van der Waals surface area (Å²) in [4.78, 5) is 38.8. The van der Waals surface area contributed by atoms with Gasteiger partial charge in [0.25, 0.3) is 5.08 Å². The molecule has 12 heteroatoms. The van der Waals surface area contributed by atoms with Gasteiger partial charge in [0.1, 0.15) is 12.7 Å². The third kappa shape index (κ3) is 2.99. The molecule has 5 N–H and O–H groups in total. The zero-order valence-electron chi connectivity index (χ0n) is 8.36. The maximum Gasteiger partial charge on any atom is 0.369 e. The van der Waals surface area contributed by atoms with Gasteiger partial charge in [0.2, 0.25) is 0 Å². The van der Waals surface area contributed by atoms with Crippen LogP contribution >= 0.6 is 15.2 Å². The van der Waals surface area contributed by atoms with Crippen LogP contribution in [0.15, 0.2) is 12.7 Å². The van der Waals surface area contributed by atoms with Crippen molar-refractivity contribution in [3.05, 3.63) is 12.7 Å². The highest BCUT2D eigenvalue weighted by atomic mass is 31.2. The molecule has 0 aliphatic rings. The van der Waals surface area contributed by atoms with E-state index in [0.717, 1.165) is 11.0 Å². The minimum atomic E-state index is -5.40. The molecule has 17 heavy (non-hydrogen) atoms. The Bertz CT molecular complexity index is 440. The zero-order valence-corrected chi connectivity index (χ0v) is 10.1. The summed E-state index contributed by atoms with van der Waals surface area (Å²) in [6.07, 6.45) is 1.46. The lowest BCUT2D eigenvalue weighted by molar-refractivity contribution is 0.117. The van der Waals surface area contributed by atoms with Crippen molar-refractivity contribution in [1.82, 2.24) is 14.8 Å². The highest BCUT2D eigenvalue weighted by Gasteiger charge is 2.58. The number of nitrogens with zero attached hydrogens (tertiary/aromatic N) is 3. The molecule has 0 bridgehead atoms. The Balaban J connectivity index is 2.94. The normalized spacial score (nSPS) is 13.9. The Hall–Kier alpha value is -0.600. The summed E-state index contributed by atoms with van der Waals surface area (Å²) >= 11 is 0. The van der Waals surface area contributed by atoms with Crippen molar-refractivity contribution in [3.63, 3.8) is 0 Å². The second-order valence-corrected chi connectivity index (χ2v) is 7.28. The lowest BCUT2D eigenvalue weighted by Crippen LogP contribution is -2.30. The molecule has 0 spiro atoms. The lowest BCUT2D eigenvalue weighted by atomic mass is 10.4. The first kappa shape index (κ1) is 14.5. The summed E-state index contributed by atoms with van der Waals surface area (Å²) < 4.78 is 23.0. The molecule has 10 nitrogen and oxygen atoms in total. The molecule has 1 rings (SSSR count). The van der Waals surface area contributed by atoms with Crippen molar-refractivity contribution < 1.29 is 33.8 Å². The highest BCUT2D eigenvalue weighted by molar-refractivity contribution is 7.72. The summed E-state index contributed by atoms with van der Waals surface area (Å²) in [6, 6.07) is 0. The maximum absolute atomic E-state index is 11.0. The van der Waals surface area contributed by atoms with E-state index in [9.17, 15) is 14.2 Å². The molecular weight excluding hydrogens is 276 g/mol. The fourth-order valence-electron chi connectivity index (χ4n) is 1.07. The Morgan fingerprint density at radius 2 is 1.71 bits per heavy atom. The van der Waals surface area contributed by atoms with Crippen LogP contribution in [-0.2, 0) is 15.7 Å². The minimum absolute atomic E-state index is 0.299. The van der Waals surface area contributed by atoms with Gasteiger partial charge in [-0.15, -0.1) is 0 Å². The average molecular weight is 287 g/mol. The van der Waals surface area contributed by atoms with Crippen LogP contribution in [-0.4, -0.2) is 44.5 Å². The van der Waals surface area contributed by atoms with Gasteiger partial charge in [0, 0.05) is 13.0 Å². The molecule has 98 valence electrons. The molecule has 0 saturated carbocycles. The minimum Gasteiger partial charge on any atom is -0.367 e. The molecular formula is C5H11N3O7P2. The number of aliphatic hydroxyl groups is 1. The van der Waals surface area contributed by atoms with Crippen LogP contribution in [0.1, 0.15) is 6.42 Å². The Labute approximate surface area is 95.3 Å². The number of rotatable bonds is 5. The van der Waals surface area contributed by atoms with Crippen LogP contribution in [0.5, 0.6) is 0 Å². The quantitative estimate of drug-likeness (QED) is 0.412. The van der Waals surface area contributed by atoms with E-state index in [-0.39, 0.29) is 6.54 Å². The fourth-order valence-corrected chi connectivity index (χ4v) is 3.21. The van der Waals surface area contributed by atoms with Crippen LogP contribution in [0, 0.1) is 0 Å². The first-order chi connectivity index (χ1) is 7.58. The second-order valence-electron chi connectivity index (χ2n) is 3.27. The highest BCUT2D eigenvalue weighted by Crippen LogP contribution is 2.68. The molecule has 1 heterocycles. The van der Waals surface area contributed by atoms with Gasteiger partial charge >= 0.3 is 15.2 Å². The molecule has 0 aliphatic carbocycles. The molecule has 0 saturated heterocycles. The standard InChI is InChI=1S/C5H11N3O7P2/c9-5(16(10,11)12,17(13,14)15)1-2-8-4-6-3-7-8/h3-4,9H,1-2H2,(H2,10,11,12)(H2,13,14,15). The molecule has 0 aliphatic heterocycles. The Morgan fingerprint density at radius 1 is 1.18 bits per heavy atom. The SMILES string of the molecule is O=P(O)(O)C(O)(CCn1cncn1)P(=O)(O)O. The van der Waals surface area contributed by atoms with E-state index in [0.29, 0.717) is 0 Å². The topological polar surface area (TPSA) is 166 Å². The van der Waals surface area contributed by atoms with Gasteiger partial charge < -0.3 is 24.7 Å². The van der Waals surface area contributed by atoms with Crippen LogP contribution in [0.4, 0.5) is 0 Å². The molecule has 0 unspecified atom stereocenters. The van der Waals surface area contributed by atoms with Gasteiger partial charge in [0.05, 0.1) is 0 Å². The Morgan fingerprint density at radius 3 is 2.06 bits per heavy atom. The smallest absolute Gasteiger partial charge is 0.367 e. The second kappa shape index (κ2) is 4.58. The third-order valence-corrected chi connectivity index (χ3v) is 5.95. The zero-order chi connectivity index (χ0) is 13.3. The van der Waals surface area contributed by atoms with E-state index >= 15 is 0 Å². The predicted molar refractivity (Wildman–Crippen MR) is 53.7 cm³/mol. The average Bonchev–Trinajstić information content (AvgIpc) is 2.62. The fraction of sp³-hybridized carbons (Fsp3) is 0.600. The number of hydrogen-bond acceptors (Lipinski definition) is 5. The van der Waals surface area contributed by atoms with Crippen LogP contribution in [0.25, 0.3) is 0 Å². The third-order valence-electron chi connectivity index (χ3n) is 2.08. The van der Waals surface area contributed by atoms with Gasteiger partial charge in [-0.3, -0.25) is 13.8 Å². The van der Waals surface area contributed by atoms with Crippen molar-refractivity contribution in [1.29, 1.82) is 0 Å². The first-order valence-electron chi connectivity index (χ1n) is 4.24. The van der Waals surface area contributed by atoms with Gasteiger partial charge in [0.15, 0.2) is 0 Å². The van der Waals surface area contributed by atoms with Gasteiger partial charge in [-0.25, -0.2) is 4.98 Å². The summed E-state index contributed by atoms with van der Waals surface area (Å²) in [5.41, 5.74) is 0. The molecule has 1 aromatic heterocycles. The maximum atomic E-state index is 11.0. The number of hydrogen-bond donors (Lipinski definition) is 5. The van der Waals surface area contributed by atoms with Crippen molar-refractivity contribution in [2.45, 2.75) is 18.0 Å². The van der Waals surface area contributed by atoms with Crippen molar-refractivity contribution in [3.8, 4) is 0 Å². The number of aryl methyl sites for hydroxylation is 1. The monoisotopic (exact) mass is 287 g/mol. The lowest BCUT2D eigenvalue weighted by Gasteiger charge is -2.28. The summed E-state index contributed by atoms with van der Waals surface area (Å²) in [6.45, 7) is -0.299.